The first kappa shape index (κ1) is 22.8. The Hall–Kier alpha value is -2.47. The average Bonchev–Trinajstić information content (AvgIpc) is 2.76. The number of carbonyl (C=O) groups is 1. The second kappa shape index (κ2) is 12.2. The van der Waals surface area contributed by atoms with Crippen LogP contribution in [0.15, 0.2) is 36.5 Å². The molecule has 1 aliphatic heterocycles. The Labute approximate surface area is 173 Å². The van der Waals surface area contributed by atoms with E-state index in [1.807, 2.05) is 51.1 Å². The van der Waals surface area contributed by atoms with Gasteiger partial charge in [-0.15, -0.1) is 0 Å². The highest BCUT2D eigenvalue weighted by Gasteiger charge is 2.17. The molecule has 0 spiro atoms. The Balaban J connectivity index is 0.000000360. The largest absolute Gasteiger partial charge is 0.490 e. The molecule has 0 amide bonds. The van der Waals surface area contributed by atoms with E-state index in [1.54, 1.807) is 0 Å². The predicted molar refractivity (Wildman–Crippen MR) is 113 cm³/mol. The van der Waals surface area contributed by atoms with Crippen LogP contribution in [-0.4, -0.2) is 35.3 Å². The molecule has 2 atom stereocenters. The van der Waals surface area contributed by atoms with Crippen LogP contribution in [0, 0.1) is 5.92 Å². The fourth-order valence-corrected chi connectivity index (χ4v) is 2.73. The lowest BCUT2D eigenvalue weighted by molar-refractivity contribution is -0.139. The second-order valence-corrected chi connectivity index (χ2v) is 7.07. The van der Waals surface area contributed by atoms with Crippen LogP contribution in [0.3, 0.4) is 0 Å². The number of esters is 1. The van der Waals surface area contributed by atoms with Crippen LogP contribution in [0.25, 0.3) is 11.3 Å². The zero-order chi connectivity index (χ0) is 21.1. The van der Waals surface area contributed by atoms with E-state index in [4.69, 9.17) is 14.2 Å². The number of benzene rings is 1. The van der Waals surface area contributed by atoms with Crippen LogP contribution in [-0.2, 0) is 9.53 Å². The molecule has 158 valence electrons. The summed E-state index contributed by atoms with van der Waals surface area (Å²) in [5.41, 5.74) is 1.50. The number of hydrogen-bond acceptors (Lipinski definition) is 6. The first-order chi connectivity index (χ1) is 14.0. The molecule has 1 aromatic carbocycles. The topological polar surface area (TPSA) is 70.5 Å². The Kier molecular flexibility index (Phi) is 9.57. The minimum atomic E-state index is -0.328. The molecular formula is C23H32N2O4. The summed E-state index contributed by atoms with van der Waals surface area (Å²) in [6.45, 7) is 9.27. The van der Waals surface area contributed by atoms with Gasteiger partial charge < -0.3 is 14.2 Å². The third-order valence-corrected chi connectivity index (χ3v) is 4.69. The normalized spacial score (nSPS) is 16.9. The molecule has 29 heavy (non-hydrogen) atoms. The Bertz CT molecular complexity index is 746. The van der Waals surface area contributed by atoms with Crippen molar-refractivity contribution in [3.8, 4) is 23.0 Å². The molecule has 0 N–H and O–H groups in total. The van der Waals surface area contributed by atoms with Crippen LogP contribution < -0.4 is 9.47 Å². The minimum Gasteiger partial charge on any atom is -0.490 e. The maximum Gasteiger partial charge on any atom is 0.325 e. The second-order valence-electron chi connectivity index (χ2n) is 7.07. The van der Waals surface area contributed by atoms with E-state index in [1.165, 1.54) is 25.5 Å². The third-order valence-electron chi connectivity index (χ3n) is 4.69. The van der Waals surface area contributed by atoms with Gasteiger partial charge in [0.2, 0.25) is 0 Å². The van der Waals surface area contributed by atoms with Gasteiger partial charge in [0.25, 0.3) is 0 Å². The van der Waals surface area contributed by atoms with Gasteiger partial charge in [0.05, 0.1) is 24.8 Å². The van der Waals surface area contributed by atoms with E-state index in [0.717, 1.165) is 12.2 Å². The lowest BCUT2D eigenvalue weighted by Crippen LogP contribution is -2.18. The van der Waals surface area contributed by atoms with E-state index in [-0.39, 0.29) is 17.9 Å². The molecule has 6 nitrogen and oxygen atoms in total. The quantitative estimate of drug-likeness (QED) is 0.631. The van der Waals surface area contributed by atoms with Crippen LogP contribution in [0.5, 0.6) is 11.8 Å². The first-order valence-corrected chi connectivity index (χ1v) is 10.4. The van der Waals surface area contributed by atoms with Gasteiger partial charge in [-0.2, -0.15) is 9.97 Å². The van der Waals surface area contributed by atoms with Crippen LogP contribution in [0.2, 0.25) is 0 Å². The Morgan fingerprint density at radius 1 is 1.24 bits per heavy atom. The van der Waals surface area contributed by atoms with Gasteiger partial charge in [-0.25, -0.2) is 0 Å². The summed E-state index contributed by atoms with van der Waals surface area (Å²) in [5, 5.41) is 0. The number of carbonyl (C=O) groups excluding carboxylic acids is 1. The Morgan fingerprint density at radius 3 is 2.55 bits per heavy atom. The van der Waals surface area contributed by atoms with E-state index >= 15 is 0 Å². The van der Waals surface area contributed by atoms with Crippen LogP contribution >= 0.6 is 0 Å². The summed E-state index contributed by atoms with van der Waals surface area (Å²) < 4.78 is 16.1. The molecule has 1 aromatic heterocycles. The zero-order valence-electron chi connectivity index (χ0n) is 17.9. The monoisotopic (exact) mass is 400 g/mol. The fraction of sp³-hybridized carbons (Fsp3) is 0.522. The highest BCUT2D eigenvalue weighted by Crippen LogP contribution is 2.29. The van der Waals surface area contributed by atoms with E-state index in [9.17, 15) is 4.79 Å². The average molecular weight is 401 g/mol. The predicted octanol–water partition coefficient (Wildman–Crippen LogP) is 5.07. The maximum absolute atomic E-state index is 11.9. The fourth-order valence-electron chi connectivity index (χ4n) is 2.73. The van der Waals surface area contributed by atoms with Crippen molar-refractivity contribution in [1.29, 1.82) is 0 Å². The molecule has 3 rings (SSSR count). The summed E-state index contributed by atoms with van der Waals surface area (Å²) in [7, 11) is 0. The highest BCUT2D eigenvalue weighted by molar-refractivity contribution is 5.74. The van der Waals surface area contributed by atoms with Crippen molar-refractivity contribution >= 4 is 5.97 Å². The summed E-state index contributed by atoms with van der Waals surface area (Å²) in [6.07, 6.45) is 6.68. The SMILES string of the molecule is CC1CCCCO1.CCOc1cnc(OC(=O)C(C)CC)nc1-c1ccccc1. The van der Waals surface area contributed by atoms with E-state index in [0.29, 0.717) is 30.6 Å². The van der Waals surface area contributed by atoms with Gasteiger partial charge in [-0.3, -0.25) is 4.79 Å². The van der Waals surface area contributed by atoms with E-state index < -0.39 is 0 Å². The van der Waals surface area contributed by atoms with Crippen molar-refractivity contribution < 1.29 is 19.0 Å². The van der Waals surface area contributed by atoms with E-state index in [2.05, 4.69) is 16.9 Å². The molecule has 2 heterocycles. The molecule has 1 fully saturated rings. The maximum atomic E-state index is 11.9. The van der Waals surface area contributed by atoms with Crippen molar-refractivity contribution in [3.63, 3.8) is 0 Å². The van der Waals surface area contributed by atoms with Gasteiger partial charge in [0.15, 0.2) is 5.75 Å². The summed E-state index contributed by atoms with van der Waals surface area (Å²) in [6, 6.07) is 9.65. The highest BCUT2D eigenvalue weighted by atomic mass is 16.5. The molecular weight excluding hydrogens is 368 g/mol. The molecule has 2 unspecified atom stereocenters. The number of nitrogens with zero attached hydrogens (tertiary/aromatic N) is 2. The molecule has 0 bridgehead atoms. The van der Waals surface area contributed by atoms with Crippen molar-refractivity contribution in [1.82, 2.24) is 9.97 Å². The smallest absolute Gasteiger partial charge is 0.325 e. The van der Waals surface area contributed by atoms with Crippen molar-refractivity contribution in [2.24, 2.45) is 5.92 Å². The van der Waals surface area contributed by atoms with Crippen molar-refractivity contribution in [3.05, 3.63) is 36.5 Å². The summed E-state index contributed by atoms with van der Waals surface area (Å²) >= 11 is 0. The van der Waals surface area contributed by atoms with Gasteiger partial charge in [0, 0.05) is 12.2 Å². The van der Waals surface area contributed by atoms with Crippen LogP contribution in [0.4, 0.5) is 0 Å². The molecule has 0 radical (unpaired) electrons. The standard InChI is InChI=1S/C17H20N2O3.C6H12O/c1-4-12(3)16(20)22-17-18-11-14(21-5-2)15(19-17)13-9-7-6-8-10-13;1-6-4-2-3-5-7-6/h6-12H,4-5H2,1-3H3;6H,2-5H2,1H3. The van der Waals surface area contributed by atoms with Gasteiger partial charge in [-0.1, -0.05) is 44.2 Å². The lowest BCUT2D eigenvalue weighted by atomic mass is 10.1. The molecule has 1 saturated heterocycles. The van der Waals surface area contributed by atoms with Gasteiger partial charge in [-0.05, 0) is 39.5 Å². The summed E-state index contributed by atoms with van der Waals surface area (Å²) in [5.74, 6) is 0.0538. The number of aromatic nitrogens is 2. The lowest BCUT2D eigenvalue weighted by Gasteiger charge is -2.17. The van der Waals surface area contributed by atoms with Crippen molar-refractivity contribution in [2.75, 3.05) is 13.2 Å². The van der Waals surface area contributed by atoms with Crippen LogP contribution in [0.1, 0.15) is 53.4 Å². The molecule has 2 aromatic rings. The third kappa shape index (κ3) is 7.46. The van der Waals surface area contributed by atoms with Crippen molar-refractivity contribution in [2.45, 2.75) is 59.5 Å². The number of ether oxygens (including phenoxy) is 3. The number of rotatable bonds is 6. The van der Waals surface area contributed by atoms with Gasteiger partial charge >= 0.3 is 12.0 Å². The molecule has 0 aliphatic carbocycles. The number of hydrogen-bond donors (Lipinski definition) is 0. The van der Waals surface area contributed by atoms with Gasteiger partial charge in [0.1, 0.15) is 5.69 Å². The molecule has 1 aliphatic rings. The molecule has 0 saturated carbocycles. The summed E-state index contributed by atoms with van der Waals surface area (Å²) in [4.78, 5) is 20.3. The Morgan fingerprint density at radius 2 is 2.00 bits per heavy atom. The zero-order valence-corrected chi connectivity index (χ0v) is 17.9. The molecule has 6 heteroatoms. The first-order valence-electron chi connectivity index (χ1n) is 10.4. The minimum absolute atomic E-state index is 0.0487.